The average Bonchev–Trinajstić information content (AvgIpc) is 2.44. The smallest absolute Gasteiger partial charge is 0.0103 e. The minimum absolute atomic E-state index is 0.858. The first-order valence-corrected chi connectivity index (χ1v) is 7.84. The molecule has 1 aromatic rings. The number of benzene rings is 1. The van der Waals surface area contributed by atoms with Crippen molar-refractivity contribution in [2.45, 2.75) is 27.7 Å². The summed E-state index contributed by atoms with van der Waals surface area (Å²) in [5.74, 6) is 0. The standard InChI is InChI=1S/C20H23Br/c1-7-10-18-15(5)17(9-3)20(13-12-14(4)21)19(11-8-2)16(18)6/h7-13H,3-4H2,1-2,5-6H3/b10-7-,11-8-,13-12-. The van der Waals surface area contributed by atoms with Gasteiger partial charge in [-0.15, -0.1) is 0 Å². The first kappa shape index (κ1) is 17.5. The van der Waals surface area contributed by atoms with Crippen molar-refractivity contribution < 1.29 is 0 Å². The van der Waals surface area contributed by atoms with Gasteiger partial charge in [0.2, 0.25) is 0 Å². The van der Waals surface area contributed by atoms with E-state index in [0.717, 1.165) is 4.48 Å². The molecule has 0 nitrogen and oxygen atoms in total. The third-order valence-electron chi connectivity index (χ3n) is 3.50. The normalized spacial score (nSPS) is 11.9. The van der Waals surface area contributed by atoms with Gasteiger partial charge in [0.05, 0.1) is 0 Å². The third kappa shape index (κ3) is 3.95. The summed E-state index contributed by atoms with van der Waals surface area (Å²) < 4.78 is 0.858. The van der Waals surface area contributed by atoms with E-state index in [9.17, 15) is 0 Å². The number of hydrogen-bond donors (Lipinski definition) is 0. The zero-order valence-corrected chi connectivity index (χ0v) is 14.9. The van der Waals surface area contributed by atoms with Gasteiger partial charge >= 0.3 is 0 Å². The lowest BCUT2D eigenvalue weighted by Crippen LogP contribution is -1.99. The lowest BCUT2D eigenvalue weighted by Gasteiger charge is -2.18. The molecule has 0 atom stereocenters. The van der Waals surface area contributed by atoms with Crippen LogP contribution in [0.1, 0.15) is 47.2 Å². The molecule has 0 aromatic heterocycles. The van der Waals surface area contributed by atoms with Crippen molar-refractivity contribution >= 4 is 40.2 Å². The molecule has 0 aliphatic heterocycles. The van der Waals surface area contributed by atoms with Crippen molar-refractivity contribution in [2.75, 3.05) is 0 Å². The van der Waals surface area contributed by atoms with Crippen LogP contribution in [0.25, 0.3) is 24.3 Å². The molecule has 0 saturated heterocycles. The molecule has 0 radical (unpaired) electrons. The summed E-state index contributed by atoms with van der Waals surface area (Å²) in [6.07, 6.45) is 14.5. The molecule has 1 rings (SSSR count). The van der Waals surface area contributed by atoms with Crippen LogP contribution in [0.4, 0.5) is 0 Å². The highest BCUT2D eigenvalue weighted by Gasteiger charge is 2.13. The Hall–Kier alpha value is -1.60. The summed E-state index contributed by atoms with van der Waals surface area (Å²) in [6, 6.07) is 0. The van der Waals surface area contributed by atoms with Gasteiger partial charge in [-0.1, -0.05) is 65.5 Å². The largest absolute Gasteiger partial charge is 0.0984 e. The summed E-state index contributed by atoms with van der Waals surface area (Å²) in [6.45, 7) is 16.3. The van der Waals surface area contributed by atoms with Crippen molar-refractivity contribution in [3.05, 3.63) is 69.2 Å². The van der Waals surface area contributed by atoms with E-state index in [4.69, 9.17) is 0 Å². The van der Waals surface area contributed by atoms with Gasteiger partial charge in [0.1, 0.15) is 0 Å². The van der Waals surface area contributed by atoms with Crippen molar-refractivity contribution in [1.82, 2.24) is 0 Å². The highest BCUT2D eigenvalue weighted by molar-refractivity contribution is 9.11. The topological polar surface area (TPSA) is 0 Å². The second kappa shape index (κ2) is 7.99. The zero-order valence-electron chi connectivity index (χ0n) is 13.3. The maximum absolute atomic E-state index is 4.00. The van der Waals surface area contributed by atoms with Crippen LogP contribution >= 0.6 is 15.9 Å². The van der Waals surface area contributed by atoms with Crippen LogP contribution in [0, 0.1) is 13.8 Å². The maximum Gasteiger partial charge on any atom is 0.0103 e. The van der Waals surface area contributed by atoms with E-state index in [1.807, 2.05) is 26.0 Å². The Labute approximate surface area is 137 Å². The minimum Gasteiger partial charge on any atom is -0.0984 e. The molecule has 0 amide bonds. The number of halogens is 1. The van der Waals surface area contributed by atoms with Gasteiger partial charge < -0.3 is 0 Å². The highest BCUT2D eigenvalue weighted by atomic mass is 79.9. The molecule has 0 bridgehead atoms. The van der Waals surface area contributed by atoms with Gasteiger partial charge in [0.25, 0.3) is 0 Å². The van der Waals surface area contributed by atoms with Crippen LogP contribution in [0.2, 0.25) is 0 Å². The van der Waals surface area contributed by atoms with E-state index in [-0.39, 0.29) is 0 Å². The summed E-state index contributed by atoms with van der Waals surface area (Å²) >= 11 is 3.38. The van der Waals surface area contributed by atoms with Crippen LogP contribution in [-0.4, -0.2) is 0 Å². The van der Waals surface area contributed by atoms with Gasteiger partial charge in [-0.2, -0.15) is 0 Å². The molecule has 0 unspecified atom stereocenters. The Bertz CT molecular complexity index is 641. The molecule has 0 heterocycles. The van der Waals surface area contributed by atoms with E-state index in [0.29, 0.717) is 0 Å². The highest BCUT2D eigenvalue weighted by Crippen LogP contribution is 2.32. The Morgan fingerprint density at radius 2 is 1.38 bits per heavy atom. The molecular weight excluding hydrogens is 320 g/mol. The molecule has 0 aliphatic carbocycles. The maximum atomic E-state index is 4.00. The molecule has 1 heteroatoms. The summed E-state index contributed by atoms with van der Waals surface area (Å²) in [7, 11) is 0. The lowest BCUT2D eigenvalue weighted by molar-refractivity contribution is 1.31. The zero-order chi connectivity index (χ0) is 16.0. The summed E-state index contributed by atoms with van der Waals surface area (Å²) in [5, 5.41) is 0. The molecule has 21 heavy (non-hydrogen) atoms. The summed E-state index contributed by atoms with van der Waals surface area (Å²) in [4.78, 5) is 0. The molecule has 0 N–H and O–H groups in total. The summed E-state index contributed by atoms with van der Waals surface area (Å²) in [5.41, 5.74) is 7.41. The van der Waals surface area contributed by atoms with Gasteiger partial charge in [-0.3, -0.25) is 0 Å². The first-order valence-electron chi connectivity index (χ1n) is 7.05. The Morgan fingerprint density at radius 1 is 0.857 bits per heavy atom. The van der Waals surface area contributed by atoms with Crippen LogP contribution in [-0.2, 0) is 0 Å². The van der Waals surface area contributed by atoms with Gasteiger partial charge in [-0.25, -0.2) is 0 Å². The van der Waals surface area contributed by atoms with E-state index >= 15 is 0 Å². The van der Waals surface area contributed by atoms with E-state index in [1.165, 1.54) is 33.4 Å². The quantitative estimate of drug-likeness (QED) is 0.508. The molecular formula is C20H23Br. The van der Waals surface area contributed by atoms with Gasteiger partial charge in [0.15, 0.2) is 0 Å². The second-order valence-electron chi connectivity index (χ2n) is 4.89. The number of rotatable bonds is 5. The molecule has 110 valence electrons. The minimum atomic E-state index is 0.858. The van der Waals surface area contributed by atoms with E-state index < -0.39 is 0 Å². The number of allylic oxidation sites excluding steroid dienone is 4. The Balaban J connectivity index is 3.83. The Kier molecular flexibility index (Phi) is 6.64. The van der Waals surface area contributed by atoms with Crippen molar-refractivity contribution in [1.29, 1.82) is 0 Å². The van der Waals surface area contributed by atoms with E-state index in [1.54, 1.807) is 0 Å². The Morgan fingerprint density at radius 3 is 1.86 bits per heavy atom. The fourth-order valence-electron chi connectivity index (χ4n) is 2.53. The monoisotopic (exact) mass is 342 g/mol. The third-order valence-corrected chi connectivity index (χ3v) is 3.76. The molecule has 0 spiro atoms. The van der Waals surface area contributed by atoms with Crippen LogP contribution in [0.15, 0.2) is 35.9 Å². The second-order valence-corrected chi connectivity index (χ2v) is 5.91. The molecule has 1 aromatic carbocycles. The first-order chi connectivity index (χ1) is 9.97. The molecule has 0 fully saturated rings. The predicted molar refractivity (Wildman–Crippen MR) is 103 cm³/mol. The predicted octanol–water partition coefficient (Wildman–Crippen LogP) is 6.93. The lowest BCUT2D eigenvalue weighted by atomic mass is 9.87. The van der Waals surface area contributed by atoms with Crippen molar-refractivity contribution in [3.63, 3.8) is 0 Å². The van der Waals surface area contributed by atoms with Gasteiger partial charge in [0, 0.05) is 4.48 Å². The fraction of sp³-hybridized carbons (Fsp3) is 0.200. The van der Waals surface area contributed by atoms with Crippen molar-refractivity contribution in [3.8, 4) is 0 Å². The average molecular weight is 343 g/mol. The van der Waals surface area contributed by atoms with Crippen LogP contribution in [0.5, 0.6) is 0 Å². The number of hydrogen-bond acceptors (Lipinski definition) is 0. The van der Waals surface area contributed by atoms with E-state index in [2.05, 4.69) is 73.3 Å². The molecule has 0 saturated carbocycles. The van der Waals surface area contributed by atoms with Gasteiger partial charge in [-0.05, 0) is 67.2 Å². The van der Waals surface area contributed by atoms with Crippen molar-refractivity contribution in [2.24, 2.45) is 0 Å². The van der Waals surface area contributed by atoms with Crippen LogP contribution < -0.4 is 0 Å². The van der Waals surface area contributed by atoms with Crippen LogP contribution in [0.3, 0.4) is 0 Å². The molecule has 0 aliphatic rings. The SMILES string of the molecule is C=Cc1c(C)c(/C=C\C)c(C)c(/C=C\C)c1/C=C\C(=C)Br. The fourth-order valence-corrected chi connectivity index (χ4v) is 2.67.